The van der Waals surface area contributed by atoms with Crippen LogP contribution in [0.1, 0.15) is 46.0 Å². The van der Waals surface area contributed by atoms with Gasteiger partial charge in [0.25, 0.3) is 5.91 Å². The van der Waals surface area contributed by atoms with Crippen molar-refractivity contribution in [2.24, 2.45) is 0 Å². The Kier molecular flexibility index (Phi) is 4.81. The average molecular weight is 287 g/mol. The number of amides is 1. The van der Waals surface area contributed by atoms with Crippen molar-refractivity contribution in [3.05, 3.63) is 58.5 Å². The van der Waals surface area contributed by atoms with Crippen LogP contribution >= 0.6 is 0 Å². The molecule has 0 bridgehead atoms. The quantitative estimate of drug-likeness (QED) is 0.888. The first-order valence-corrected chi connectivity index (χ1v) is 7.12. The predicted octanol–water partition coefficient (Wildman–Crippen LogP) is 2.92. The maximum atomic E-state index is 12.2. The molecule has 4 heteroatoms. The van der Waals surface area contributed by atoms with E-state index in [9.17, 15) is 9.90 Å². The van der Waals surface area contributed by atoms with Crippen molar-refractivity contribution < 1.29 is 14.3 Å². The van der Waals surface area contributed by atoms with E-state index in [0.29, 0.717) is 11.5 Å². The van der Waals surface area contributed by atoms with E-state index in [2.05, 4.69) is 12.2 Å². The van der Waals surface area contributed by atoms with Crippen LogP contribution in [0, 0.1) is 13.8 Å². The molecular formula is C17H21NO3. The van der Waals surface area contributed by atoms with Crippen LogP contribution in [0.15, 0.2) is 34.7 Å². The summed E-state index contributed by atoms with van der Waals surface area (Å²) in [4.78, 5) is 12.2. The number of carbonyl (C=O) groups excluding carboxylic acids is 1. The van der Waals surface area contributed by atoms with Gasteiger partial charge < -0.3 is 14.8 Å². The zero-order chi connectivity index (χ0) is 15.4. The lowest BCUT2D eigenvalue weighted by atomic mass is 10.0. The number of aliphatic hydroxyl groups excluding tert-OH is 1. The van der Waals surface area contributed by atoms with Gasteiger partial charge in [-0.1, -0.05) is 31.2 Å². The van der Waals surface area contributed by atoms with E-state index in [1.54, 1.807) is 6.92 Å². The first-order chi connectivity index (χ1) is 10.0. The summed E-state index contributed by atoms with van der Waals surface area (Å²) < 4.78 is 5.40. The van der Waals surface area contributed by atoms with Crippen LogP contribution in [0.5, 0.6) is 0 Å². The second kappa shape index (κ2) is 6.59. The van der Waals surface area contributed by atoms with Gasteiger partial charge in [-0.3, -0.25) is 4.79 Å². The third-order valence-electron chi connectivity index (χ3n) is 3.53. The molecule has 0 aliphatic carbocycles. The van der Waals surface area contributed by atoms with Gasteiger partial charge in [0.1, 0.15) is 5.76 Å². The van der Waals surface area contributed by atoms with Gasteiger partial charge in [-0.05, 0) is 37.5 Å². The third kappa shape index (κ3) is 3.52. The largest absolute Gasteiger partial charge is 0.456 e. The Balaban J connectivity index is 2.14. The first kappa shape index (κ1) is 15.3. The molecule has 0 fully saturated rings. The van der Waals surface area contributed by atoms with Gasteiger partial charge in [0, 0.05) is 5.56 Å². The molecule has 1 unspecified atom stereocenters. The van der Waals surface area contributed by atoms with Crippen LogP contribution < -0.4 is 5.32 Å². The fourth-order valence-electron chi connectivity index (χ4n) is 2.31. The Bertz CT molecular complexity index is 613. The molecule has 0 spiro atoms. The molecule has 21 heavy (non-hydrogen) atoms. The number of nitrogens with one attached hydrogen (secondary N) is 1. The summed E-state index contributed by atoms with van der Waals surface area (Å²) in [6.45, 7) is 5.56. The highest BCUT2D eigenvalue weighted by atomic mass is 16.3. The molecular weight excluding hydrogens is 266 g/mol. The summed E-state index contributed by atoms with van der Waals surface area (Å²) >= 11 is 0. The zero-order valence-corrected chi connectivity index (χ0v) is 12.6. The van der Waals surface area contributed by atoms with Crippen LogP contribution in [0.3, 0.4) is 0 Å². The van der Waals surface area contributed by atoms with E-state index >= 15 is 0 Å². The molecule has 0 aliphatic heterocycles. The lowest BCUT2D eigenvalue weighted by molar-refractivity contribution is 0.0886. The number of benzene rings is 1. The van der Waals surface area contributed by atoms with Gasteiger partial charge in [0.15, 0.2) is 5.76 Å². The first-order valence-electron chi connectivity index (χ1n) is 7.12. The molecule has 2 aromatic rings. The number of rotatable bonds is 5. The minimum Gasteiger partial charge on any atom is -0.456 e. The lowest BCUT2D eigenvalue weighted by Gasteiger charge is -2.16. The van der Waals surface area contributed by atoms with Crippen LogP contribution in [0.25, 0.3) is 0 Å². The molecule has 1 atom stereocenters. The average Bonchev–Trinajstić information content (AvgIpc) is 2.83. The van der Waals surface area contributed by atoms with Crippen molar-refractivity contribution in [3.63, 3.8) is 0 Å². The zero-order valence-electron chi connectivity index (χ0n) is 12.6. The number of carbonyl (C=O) groups is 1. The summed E-state index contributed by atoms with van der Waals surface area (Å²) in [5, 5.41) is 12.3. The number of furan rings is 1. The minimum atomic E-state index is -0.437. The van der Waals surface area contributed by atoms with Gasteiger partial charge in [-0.25, -0.2) is 0 Å². The highest BCUT2D eigenvalue weighted by molar-refractivity contribution is 5.93. The van der Waals surface area contributed by atoms with Gasteiger partial charge in [-0.2, -0.15) is 0 Å². The van der Waals surface area contributed by atoms with Crippen LogP contribution in [0.4, 0.5) is 0 Å². The van der Waals surface area contributed by atoms with Gasteiger partial charge in [-0.15, -0.1) is 0 Å². The van der Waals surface area contributed by atoms with Crippen molar-refractivity contribution in [2.45, 2.75) is 33.2 Å². The van der Waals surface area contributed by atoms with E-state index in [1.165, 1.54) is 5.56 Å². The highest BCUT2D eigenvalue weighted by Gasteiger charge is 2.19. The van der Waals surface area contributed by atoms with E-state index < -0.39 is 6.04 Å². The SMILES string of the molecule is CCc1ccc(C(CO)NC(=O)c2oc(C)cc2C)cc1. The molecule has 1 amide bonds. The number of hydrogen-bond acceptors (Lipinski definition) is 3. The van der Waals surface area contributed by atoms with Crippen LogP contribution in [-0.4, -0.2) is 17.6 Å². The highest BCUT2D eigenvalue weighted by Crippen LogP contribution is 2.17. The maximum Gasteiger partial charge on any atom is 0.287 e. The second-order valence-corrected chi connectivity index (χ2v) is 5.17. The van der Waals surface area contributed by atoms with E-state index in [1.807, 2.05) is 37.3 Å². The molecule has 4 nitrogen and oxygen atoms in total. The van der Waals surface area contributed by atoms with Crippen molar-refractivity contribution in [2.75, 3.05) is 6.61 Å². The molecule has 112 valence electrons. The third-order valence-corrected chi connectivity index (χ3v) is 3.53. The molecule has 2 rings (SSSR count). The Hall–Kier alpha value is -2.07. The monoisotopic (exact) mass is 287 g/mol. The molecule has 0 saturated carbocycles. The van der Waals surface area contributed by atoms with Gasteiger partial charge in [0.2, 0.25) is 0 Å². The Morgan fingerprint density at radius 1 is 1.29 bits per heavy atom. The van der Waals surface area contributed by atoms with Crippen molar-refractivity contribution in [1.82, 2.24) is 5.32 Å². The Labute approximate surface area is 124 Å². The molecule has 0 saturated heterocycles. The molecule has 1 aromatic carbocycles. The summed E-state index contributed by atoms with van der Waals surface area (Å²) in [7, 11) is 0. The van der Waals surface area contributed by atoms with E-state index in [0.717, 1.165) is 17.5 Å². The van der Waals surface area contributed by atoms with E-state index in [-0.39, 0.29) is 12.5 Å². The maximum absolute atomic E-state index is 12.2. The normalized spacial score (nSPS) is 12.2. The van der Waals surface area contributed by atoms with Crippen LogP contribution in [-0.2, 0) is 6.42 Å². The molecule has 1 heterocycles. The van der Waals surface area contributed by atoms with Crippen molar-refractivity contribution in [1.29, 1.82) is 0 Å². The summed E-state index contributed by atoms with van der Waals surface area (Å²) in [5.41, 5.74) is 2.89. The topological polar surface area (TPSA) is 62.5 Å². The number of hydrogen-bond donors (Lipinski definition) is 2. The number of aryl methyl sites for hydroxylation is 3. The Morgan fingerprint density at radius 3 is 2.43 bits per heavy atom. The van der Waals surface area contributed by atoms with E-state index in [4.69, 9.17) is 4.42 Å². The molecule has 1 aromatic heterocycles. The van der Waals surface area contributed by atoms with Crippen LogP contribution in [0.2, 0.25) is 0 Å². The summed E-state index contributed by atoms with van der Waals surface area (Å²) in [6.07, 6.45) is 0.960. The summed E-state index contributed by atoms with van der Waals surface area (Å²) in [6, 6.07) is 9.26. The second-order valence-electron chi connectivity index (χ2n) is 5.17. The lowest BCUT2D eigenvalue weighted by Crippen LogP contribution is -2.30. The standard InChI is InChI=1S/C17H21NO3/c1-4-13-5-7-14(8-6-13)15(10-19)18-17(20)16-11(2)9-12(3)21-16/h5-9,15,19H,4,10H2,1-3H3,(H,18,20). The van der Waals surface area contributed by atoms with Gasteiger partial charge >= 0.3 is 0 Å². The fraction of sp³-hybridized carbons (Fsp3) is 0.353. The van der Waals surface area contributed by atoms with Crippen molar-refractivity contribution >= 4 is 5.91 Å². The fourth-order valence-corrected chi connectivity index (χ4v) is 2.31. The van der Waals surface area contributed by atoms with Gasteiger partial charge in [0.05, 0.1) is 12.6 Å². The predicted molar refractivity (Wildman–Crippen MR) is 81.3 cm³/mol. The molecule has 0 aliphatic rings. The Morgan fingerprint density at radius 2 is 1.95 bits per heavy atom. The summed E-state index contributed by atoms with van der Waals surface area (Å²) in [5.74, 6) is 0.695. The minimum absolute atomic E-state index is 0.157. The smallest absolute Gasteiger partial charge is 0.287 e. The molecule has 2 N–H and O–H groups in total. The number of aliphatic hydroxyl groups is 1. The van der Waals surface area contributed by atoms with Crippen molar-refractivity contribution in [3.8, 4) is 0 Å². The molecule has 0 radical (unpaired) electrons.